The van der Waals surface area contributed by atoms with Crippen LogP contribution in [0.3, 0.4) is 0 Å². The largest absolute Gasteiger partial charge is 0.493 e. The summed E-state index contributed by atoms with van der Waals surface area (Å²) < 4.78 is 10.8. The number of nitrogens with zero attached hydrogens (tertiary/aromatic N) is 1. The number of hydrogen-bond acceptors (Lipinski definition) is 4. The highest BCUT2D eigenvalue weighted by Crippen LogP contribution is 2.25. The van der Waals surface area contributed by atoms with Crippen LogP contribution < -0.4 is 15.2 Å². The Morgan fingerprint density at radius 1 is 1.29 bits per heavy atom. The Morgan fingerprint density at radius 3 is 2.71 bits per heavy atom. The van der Waals surface area contributed by atoms with E-state index in [1.54, 1.807) is 13.2 Å². The van der Waals surface area contributed by atoms with Crippen LogP contribution in [0.2, 0.25) is 0 Å². The molecule has 1 aromatic carbocycles. The van der Waals surface area contributed by atoms with Gasteiger partial charge in [0.05, 0.1) is 13.7 Å². The van der Waals surface area contributed by atoms with Crippen molar-refractivity contribution in [1.29, 1.82) is 0 Å². The van der Waals surface area contributed by atoms with Gasteiger partial charge in [0, 0.05) is 18.2 Å². The monoisotopic (exact) mass is 233 g/mol. The Bertz CT molecular complexity index is 482. The van der Waals surface area contributed by atoms with Gasteiger partial charge in [-0.1, -0.05) is 12.1 Å². The van der Waals surface area contributed by atoms with E-state index in [1.165, 1.54) is 0 Å². The molecular formula is C12H15N3O2. The van der Waals surface area contributed by atoms with Crippen molar-refractivity contribution in [3.05, 3.63) is 36.0 Å². The van der Waals surface area contributed by atoms with E-state index in [1.807, 2.05) is 24.3 Å². The highest BCUT2D eigenvalue weighted by Gasteiger charge is 2.03. The van der Waals surface area contributed by atoms with Gasteiger partial charge in [0.15, 0.2) is 11.5 Å². The van der Waals surface area contributed by atoms with Crippen LogP contribution in [0.1, 0.15) is 5.69 Å². The van der Waals surface area contributed by atoms with E-state index in [0.29, 0.717) is 12.4 Å². The van der Waals surface area contributed by atoms with Crippen molar-refractivity contribution in [3.8, 4) is 11.5 Å². The Morgan fingerprint density at radius 2 is 2.06 bits per heavy atom. The SMILES string of the molecule is COc1ccccc1OCCc1cc(N)n[nH]1. The Kier molecular flexibility index (Phi) is 3.49. The van der Waals surface area contributed by atoms with E-state index in [4.69, 9.17) is 15.2 Å². The van der Waals surface area contributed by atoms with Crippen molar-refractivity contribution in [2.45, 2.75) is 6.42 Å². The lowest BCUT2D eigenvalue weighted by Gasteiger charge is -2.09. The molecule has 5 heteroatoms. The van der Waals surface area contributed by atoms with E-state index in [0.717, 1.165) is 23.6 Å². The average Bonchev–Trinajstić information content (AvgIpc) is 2.76. The fraction of sp³-hybridized carbons (Fsp3) is 0.250. The average molecular weight is 233 g/mol. The third-order valence-corrected chi connectivity index (χ3v) is 2.35. The van der Waals surface area contributed by atoms with Crippen LogP contribution in [0.25, 0.3) is 0 Å². The molecule has 5 nitrogen and oxygen atoms in total. The van der Waals surface area contributed by atoms with Gasteiger partial charge in [0.1, 0.15) is 5.82 Å². The molecule has 0 bridgehead atoms. The van der Waals surface area contributed by atoms with Crippen molar-refractivity contribution < 1.29 is 9.47 Å². The molecule has 1 heterocycles. The first-order valence-corrected chi connectivity index (χ1v) is 5.35. The van der Waals surface area contributed by atoms with Crippen molar-refractivity contribution in [2.24, 2.45) is 0 Å². The molecule has 1 aromatic heterocycles. The first-order valence-electron chi connectivity index (χ1n) is 5.35. The highest BCUT2D eigenvalue weighted by atomic mass is 16.5. The fourth-order valence-electron chi connectivity index (χ4n) is 1.52. The van der Waals surface area contributed by atoms with Gasteiger partial charge in [-0.05, 0) is 12.1 Å². The summed E-state index contributed by atoms with van der Waals surface area (Å²) in [6.07, 6.45) is 0.724. The third-order valence-electron chi connectivity index (χ3n) is 2.35. The van der Waals surface area contributed by atoms with Crippen molar-refractivity contribution in [3.63, 3.8) is 0 Å². The van der Waals surface area contributed by atoms with Gasteiger partial charge in [0.25, 0.3) is 0 Å². The molecule has 0 aliphatic carbocycles. The predicted molar refractivity (Wildman–Crippen MR) is 65.2 cm³/mol. The summed E-state index contributed by atoms with van der Waals surface area (Å²) in [6, 6.07) is 9.35. The smallest absolute Gasteiger partial charge is 0.161 e. The zero-order chi connectivity index (χ0) is 12.1. The highest BCUT2D eigenvalue weighted by molar-refractivity contribution is 5.39. The molecule has 0 aliphatic rings. The molecule has 2 aromatic rings. The molecule has 0 radical (unpaired) electrons. The molecule has 0 saturated heterocycles. The summed E-state index contributed by atoms with van der Waals surface area (Å²) in [5.74, 6) is 1.97. The maximum Gasteiger partial charge on any atom is 0.161 e. The normalized spacial score (nSPS) is 10.2. The number of H-pyrrole nitrogens is 1. The number of benzene rings is 1. The minimum atomic E-state index is 0.497. The number of nitrogen functional groups attached to an aromatic ring is 1. The Hall–Kier alpha value is -2.17. The quantitative estimate of drug-likeness (QED) is 0.823. The lowest BCUT2D eigenvalue weighted by atomic mass is 10.3. The van der Waals surface area contributed by atoms with E-state index in [2.05, 4.69) is 10.2 Å². The molecule has 0 aliphatic heterocycles. The van der Waals surface area contributed by atoms with Crippen LogP contribution in [0.5, 0.6) is 11.5 Å². The number of aromatic amines is 1. The van der Waals surface area contributed by atoms with Crippen molar-refractivity contribution in [1.82, 2.24) is 10.2 Å². The first-order chi connectivity index (χ1) is 8.29. The van der Waals surface area contributed by atoms with Gasteiger partial charge in [-0.3, -0.25) is 5.10 Å². The topological polar surface area (TPSA) is 73.2 Å². The minimum absolute atomic E-state index is 0.497. The number of ether oxygens (including phenoxy) is 2. The molecule has 0 fully saturated rings. The standard InChI is InChI=1S/C12H15N3O2/c1-16-10-4-2-3-5-11(10)17-7-6-9-8-12(13)15-14-9/h2-5,8H,6-7H2,1H3,(H3,13,14,15). The van der Waals surface area contributed by atoms with Crippen LogP contribution >= 0.6 is 0 Å². The summed E-state index contributed by atoms with van der Waals surface area (Å²) in [7, 11) is 1.62. The minimum Gasteiger partial charge on any atom is -0.493 e. The summed E-state index contributed by atoms with van der Waals surface area (Å²) in [5, 5.41) is 6.68. The molecule has 17 heavy (non-hydrogen) atoms. The Balaban J connectivity index is 1.89. The molecule has 90 valence electrons. The number of methoxy groups -OCH3 is 1. The van der Waals surface area contributed by atoms with E-state index in [9.17, 15) is 0 Å². The second kappa shape index (κ2) is 5.25. The summed E-state index contributed by atoms with van der Waals surface area (Å²) in [4.78, 5) is 0. The Labute approximate surface area is 99.5 Å². The van der Waals surface area contributed by atoms with Crippen LogP contribution in [-0.2, 0) is 6.42 Å². The zero-order valence-electron chi connectivity index (χ0n) is 9.64. The van der Waals surface area contributed by atoms with Gasteiger partial charge >= 0.3 is 0 Å². The number of nitrogens with two attached hydrogens (primary N) is 1. The molecule has 0 atom stereocenters. The number of anilines is 1. The zero-order valence-corrected chi connectivity index (χ0v) is 9.64. The lowest BCUT2D eigenvalue weighted by molar-refractivity contribution is 0.296. The van der Waals surface area contributed by atoms with Crippen LogP contribution in [0, 0.1) is 0 Å². The maximum absolute atomic E-state index is 5.63. The molecule has 2 rings (SSSR count). The second-order valence-corrected chi connectivity index (χ2v) is 3.57. The first kappa shape index (κ1) is 11.3. The summed E-state index contributed by atoms with van der Waals surface area (Å²) in [6.45, 7) is 0.544. The van der Waals surface area contributed by atoms with Crippen molar-refractivity contribution in [2.75, 3.05) is 19.5 Å². The number of nitrogens with one attached hydrogen (secondary N) is 1. The van der Waals surface area contributed by atoms with Gasteiger partial charge in [-0.25, -0.2) is 0 Å². The number of rotatable bonds is 5. The van der Waals surface area contributed by atoms with Gasteiger partial charge in [-0.2, -0.15) is 5.10 Å². The molecule has 0 spiro atoms. The number of para-hydroxylation sites is 2. The fourth-order valence-corrected chi connectivity index (χ4v) is 1.52. The second-order valence-electron chi connectivity index (χ2n) is 3.57. The lowest BCUT2D eigenvalue weighted by Crippen LogP contribution is -2.02. The maximum atomic E-state index is 5.63. The number of aromatic nitrogens is 2. The molecule has 0 unspecified atom stereocenters. The number of hydrogen-bond donors (Lipinski definition) is 2. The van der Waals surface area contributed by atoms with Crippen LogP contribution in [-0.4, -0.2) is 23.9 Å². The molecule has 3 N–H and O–H groups in total. The molecule has 0 amide bonds. The van der Waals surface area contributed by atoms with Crippen LogP contribution in [0.4, 0.5) is 5.82 Å². The predicted octanol–water partition coefficient (Wildman–Crippen LogP) is 1.62. The summed E-state index contributed by atoms with van der Waals surface area (Å²) >= 11 is 0. The third kappa shape index (κ3) is 2.90. The van der Waals surface area contributed by atoms with E-state index in [-0.39, 0.29) is 0 Å². The van der Waals surface area contributed by atoms with Gasteiger partial charge in [-0.15, -0.1) is 0 Å². The van der Waals surface area contributed by atoms with Gasteiger partial charge < -0.3 is 15.2 Å². The van der Waals surface area contributed by atoms with E-state index < -0.39 is 0 Å². The molecular weight excluding hydrogens is 218 g/mol. The van der Waals surface area contributed by atoms with Crippen molar-refractivity contribution >= 4 is 5.82 Å². The van der Waals surface area contributed by atoms with Crippen LogP contribution in [0.15, 0.2) is 30.3 Å². The molecule has 0 saturated carbocycles. The van der Waals surface area contributed by atoms with Gasteiger partial charge in [0.2, 0.25) is 0 Å². The summed E-state index contributed by atoms with van der Waals surface area (Å²) in [5.41, 5.74) is 6.46. The van der Waals surface area contributed by atoms with E-state index >= 15 is 0 Å².